The zero-order valence-electron chi connectivity index (χ0n) is 17.7. The van der Waals surface area contributed by atoms with Gasteiger partial charge in [-0.05, 0) is 48.5 Å². The van der Waals surface area contributed by atoms with Crippen LogP contribution in [0.5, 0.6) is 17.2 Å². The number of methoxy groups -OCH3 is 2. The Labute approximate surface area is 199 Å². The van der Waals surface area contributed by atoms with Gasteiger partial charge < -0.3 is 18.6 Å². The first-order valence-electron chi connectivity index (χ1n) is 9.82. The molecule has 0 radical (unpaired) electrons. The third kappa shape index (κ3) is 4.53. The first-order chi connectivity index (χ1) is 15.9. The maximum Gasteiger partial charge on any atom is 0.235 e. The second-order valence-electron chi connectivity index (χ2n) is 6.99. The first kappa shape index (κ1) is 22.7. The summed E-state index contributed by atoms with van der Waals surface area (Å²) in [6.07, 6.45) is 0. The molecule has 0 saturated heterocycles. The van der Waals surface area contributed by atoms with Gasteiger partial charge in [-0.25, -0.2) is 0 Å². The average molecular weight is 485 g/mol. The third-order valence-electron chi connectivity index (χ3n) is 4.98. The number of ketones is 1. The van der Waals surface area contributed by atoms with E-state index in [9.17, 15) is 9.59 Å². The van der Waals surface area contributed by atoms with E-state index in [0.717, 1.165) is 0 Å². The van der Waals surface area contributed by atoms with Gasteiger partial charge in [0.15, 0.2) is 29.6 Å². The molecule has 0 saturated carbocycles. The zero-order chi connectivity index (χ0) is 23.5. The summed E-state index contributed by atoms with van der Waals surface area (Å²) in [5, 5.41) is 0.963. The molecule has 0 aliphatic rings. The van der Waals surface area contributed by atoms with Crippen molar-refractivity contribution in [2.24, 2.45) is 0 Å². The average Bonchev–Trinajstić information content (AvgIpc) is 2.83. The van der Waals surface area contributed by atoms with Crippen LogP contribution in [0.3, 0.4) is 0 Å². The van der Waals surface area contributed by atoms with Gasteiger partial charge in [0, 0.05) is 16.1 Å². The van der Waals surface area contributed by atoms with Gasteiger partial charge in [0.2, 0.25) is 11.2 Å². The summed E-state index contributed by atoms with van der Waals surface area (Å²) in [7, 11) is 2.98. The van der Waals surface area contributed by atoms with Crippen LogP contribution in [0, 0.1) is 0 Å². The lowest BCUT2D eigenvalue weighted by Crippen LogP contribution is -2.17. The van der Waals surface area contributed by atoms with Crippen LogP contribution in [0.25, 0.3) is 22.3 Å². The van der Waals surface area contributed by atoms with Crippen LogP contribution in [0.4, 0.5) is 0 Å². The van der Waals surface area contributed by atoms with Crippen molar-refractivity contribution < 1.29 is 23.4 Å². The van der Waals surface area contributed by atoms with Gasteiger partial charge in [0.1, 0.15) is 5.58 Å². The Morgan fingerprint density at radius 2 is 1.70 bits per heavy atom. The number of fused-ring (bicyclic) bond motifs is 1. The largest absolute Gasteiger partial charge is 0.493 e. The minimum Gasteiger partial charge on any atom is -0.493 e. The number of carbonyl (C=O) groups excluding carboxylic acids is 1. The van der Waals surface area contributed by atoms with Crippen molar-refractivity contribution in [3.05, 3.63) is 86.5 Å². The van der Waals surface area contributed by atoms with E-state index >= 15 is 0 Å². The lowest BCUT2D eigenvalue weighted by molar-refractivity contribution is 0.0920. The third-order valence-corrected chi connectivity index (χ3v) is 5.55. The van der Waals surface area contributed by atoms with Crippen molar-refractivity contribution in [2.75, 3.05) is 20.8 Å². The van der Waals surface area contributed by atoms with E-state index in [2.05, 4.69) is 0 Å². The predicted octanol–water partition coefficient (Wildman–Crippen LogP) is 6.05. The van der Waals surface area contributed by atoms with Gasteiger partial charge >= 0.3 is 0 Å². The highest BCUT2D eigenvalue weighted by Crippen LogP contribution is 2.36. The Kier molecular flexibility index (Phi) is 6.58. The second-order valence-corrected chi connectivity index (χ2v) is 7.84. The molecule has 1 aromatic heterocycles. The van der Waals surface area contributed by atoms with Crippen LogP contribution in [0.1, 0.15) is 10.4 Å². The van der Waals surface area contributed by atoms with E-state index in [4.69, 9.17) is 41.8 Å². The van der Waals surface area contributed by atoms with Gasteiger partial charge in [-0.2, -0.15) is 0 Å². The maximum atomic E-state index is 13.3. The van der Waals surface area contributed by atoms with Gasteiger partial charge in [0.25, 0.3) is 0 Å². The Morgan fingerprint density at radius 3 is 2.42 bits per heavy atom. The number of halogens is 2. The molecule has 3 aromatic carbocycles. The standard InChI is InChI=1S/C25H18Cl2O6/c1-30-21-9-7-14(11-22(21)31-2)19(28)13-32-25-23(29)17-12-15(26)8-10-20(17)33-24(25)16-5-3-4-6-18(16)27/h3-12H,13H2,1-2H3. The molecule has 4 rings (SSSR count). The fourth-order valence-corrected chi connectivity index (χ4v) is 3.73. The molecule has 0 aliphatic carbocycles. The van der Waals surface area contributed by atoms with E-state index in [-0.39, 0.29) is 22.7 Å². The summed E-state index contributed by atoms with van der Waals surface area (Å²) in [4.78, 5) is 26.1. The summed E-state index contributed by atoms with van der Waals surface area (Å²) in [5.74, 6) is 0.516. The van der Waals surface area contributed by atoms with Crippen LogP contribution in [-0.4, -0.2) is 26.6 Å². The monoisotopic (exact) mass is 484 g/mol. The fraction of sp³-hybridized carbons (Fsp3) is 0.120. The first-order valence-corrected chi connectivity index (χ1v) is 10.6. The lowest BCUT2D eigenvalue weighted by atomic mass is 10.1. The number of ether oxygens (including phenoxy) is 3. The van der Waals surface area contributed by atoms with Crippen molar-refractivity contribution in [3.63, 3.8) is 0 Å². The van der Waals surface area contributed by atoms with E-state index in [0.29, 0.717) is 38.3 Å². The van der Waals surface area contributed by atoms with Gasteiger partial charge in [-0.3, -0.25) is 9.59 Å². The Morgan fingerprint density at radius 1 is 0.939 bits per heavy atom. The van der Waals surface area contributed by atoms with E-state index < -0.39 is 12.0 Å². The fourth-order valence-electron chi connectivity index (χ4n) is 3.33. The summed E-state index contributed by atoms with van der Waals surface area (Å²) < 4.78 is 22.2. The number of Topliss-reactive ketones (excluding diaryl/α,β-unsaturated/α-hetero) is 1. The molecule has 0 spiro atoms. The van der Waals surface area contributed by atoms with Gasteiger partial charge in [0.05, 0.1) is 24.6 Å². The quantitative estimate of drug-likeness (QED) is 0.297. The molecule has 4 aromatic rings. The molecule has 0 N–H and O–H groups in total. The predicted molar refractivity (Wildman–Crippen MR) is 127 cm³/mol. The molecule has 6 nitrogen and oxygen atoms in total. The molecule has 1 heterocycles. The summed E-state index contributed by atoms with van der Waals surface area (Å²) in [6, 6.07) is 16.3. The molecule has 33 heavy (non-hydrogen) atoms. The highest BCUT2D eigenvalue weighted by Gasteiger charge is 2.21. The van der Waals surface area contributed by atoms with Crippen LogP contribution < -0.4 is 19.6 Å². The van der Waals surface area contributed by atoms with E-state index in [1.165, 1.54) is 20.3 Å². The lowest BCUT2D eigenvalue weighted by Gasteiger charge is -2.13. The number of rotatable bonds is 7. The van der Waals surface area contributed by atoms with Crippen molar-refractivity contribution in [1.82, 2.24) is 0 Å². The van der Waals surface area contributed by atoms with Crippen molar-refractivity contribution in [2.45, 2.75) is 0 Å². The Balaban J connectivity index is 1.76. The Bertz CT molecular complexity index is 1410. The zero-order valence-corrected chi connectivity index (χ0v) is 19.2. The molecule has 168 valence electrons. The van der Waals surface area contributed by atoms with Crippen molar-refractivity contribution >= 4 is 40.0 Å². The second kappa shape index (κ2) is 9.57. The van der Waals surface area contributed by atoms with Crippen molar-refractivity contribution in [3.8, 4) is 28.6 Å². The summed E-state index contributed by atoms with van der Waals surface area (Å²) >= 11 is 12.4. The molecule has 0 bridgehead atoms. The topological polar surface area (TPSA) is 75.0 Å². The highest BCUT2D eigenvalue weighted by atomic mass is 35.5. The van der Waals surface area contributed by atoms with Gasteiger partial charge in [-0.15, -0.1) is 0 Å². The number of hydrogen-bond acceptors (Lipinski definition) is 6. The molecule has 0 fully saturated rings. The van der Waals surface area contributed by atoms with Crippen LogP contribution in [-0.2, 0) is 0 Å². The minimum atomic E-state index is -0.464. The molecule has 8 heteroatoms. The number of hydrogen-bond donors (Lipinski definition) is 0. The molecular weight excluding hydrogens is 467 g/mol. The summed E-state index contributed by atoms with van der Waals surface area (Å²) in [6.45, 7) is -0.413. The normalized spacial score (nSPS) is 10.8. The Hall–Kier alpha value is -3.48. The van der Waals surface area contributed by atoms with Crippen molar-refractivity contribution in [1.29, 1.82) is 0 Å². The highest BCUT2D eigenvalue weighted by molar-refractivity contribution is 6.33. The molecule has 0 aliphatic heterocycles. The molecular formula is C25H18Cl2O6. The van der Waals surface area contributed by atoms with Crippen LogP contribution in [0.15, 0.2) is 69.9 Å². The molecule has 0 atom stereocenters. The number of carbonyl (C=O) groups is 1. The maximum absolute atomic E-state index is 13.3. The van der Waals surface area contributed by atoms with E-state index in [1.807, 2.05) is 0 Å². The van der Waals surface area contributed by atoms with Crippen LogP contribution >= 0.6 is 23.2 Å². The van der Waals surface area contributed by atoms with Crippen LogP contribution in [0.2, 0.25) is 10.0 Å². The van der Waals surface area contributed by atoms with Gasteiger partial charge in [-0.1, -0.05) is 35.3 Å². The SMILES string of the molecule is COc1ccc(C(=O)COc2c(-c3ccccc3Cl)oc3ccc(Cl)cc3c2=O)cc1OC. The number of benzene rings is 3. The molecule has 0 unspecified atom stereocenters. The molecule has 0 amide bonds. The smallest absolute Gasteiger partial charge is 0.235 e. The summed E-state index contributed by atoms with van der Waals surface area (Å²) in [5.41, 5.74) is 0.647. The minimum absolute atomic E-state index is 0.125. The van der Waals surface area contributed by atoms with E-state index in [1.54, 1.807) is 54.6 Å².